The Bertz CT molecular complexity index is 1210. The van der Waals surface area contributed by atoms with Crippen LogP contribution in [0.5, 0.6) is 5.75 Å². The molecule has 9 heteroatoms. The van der Waals surface area contributed by atoms with E-state index in [4.69, 9.17) is 4.74 Å². The fourth-order valence-corrected chi connectivity index (χ4v) is 6.05. The number of nitrogens with zero attached hydrogens (tertiary/aromatic N) is 2. The first-order valence-electron chi connectivity index (χ1n) is 10.3. The van der Waals surface area contributed by atoms with Gasteiger partial charge in [-0.05, 0) is 80.2 Å². The molecule has 4 rings (SSSR count). The molecule has 1 atom stereocenters. The molecular weight excluding hydrogens is 434 g/mol. The number of sulfonamides is 1. The van der Waals surface area contributed by atoms with E-state index in [0.29, 0.717) is 37.4 Å². The Morgan fingerprint density at radius 3 is 2.90 bits per heavy atom. The number of hydrogen-bond acceptors (Lipinski definition) is 6. The summed E-state index contributed by atoms with van der Waals surface area (Å²) in [6.45, 7) is 4.81. The van der Waals surface area contributed by atoms with Crippen molar-refractivity contribution < 1.29 is 17.9 Å². The van der Waals surface area contributed by atoms with Gasteiger partial charge in [-0.25, -0.2) is 8.42 Å². The third-order valence-electron chi connectivity index (χ3n) is 5.46. The number of aryl methyl sites for hydroxylation is 1. The second-order valence-corrected chi connectivity index (χ2v) is 10.4. The third kappa shape index (κ3) is 4.58. The molecule has 1 saturated heterocycles. The summed E-state index contributed by atoms with van der Waals surface area (Å²) in [5.41, 5.74) is 1.47. The number of carbonyl (C=O) groups is 1. The predicted molar refractivity (Wildman–Crippen MR) is 122 cm³/mol. The third-order valence-corrected chi connectivity index (χ3v) is 8.10. The molecule has 0 spiro atoms. The summed E-state index contributed by atoms with van der Waals surface area (Å²) in [7, 11) is -3.69. The van der Waals surface area contributed by atoms with Crippen molar-refractivity contribution in [3.8, 4) is 5.75 Å². The van der Waals surface area contributed by atoms with Gasteiger partial charge >= 0.3 is 0 Å². The van der Waals surface area contributed by atoms with Crippen LogP contribution in [-0.4, -0.2) is 42.7 Å². The summed E-state index contributed by atoms with van der Waals surface area (Å²) in [6, 6.07) is 10.5. The predicted octanol–water partition coefficient (Wildman–Crippen LogP) is 4.04. The standard InChI is InChI=1S/C22H25N3O4S2/c1-3-29-20-8-7-19(11-15(20)2)31(27,28)25-10-4-5-16(14-25)22(26)24-18-6-9-21-17(12-18)13-23-30-21/h6-9,11-13,16H,3-5,10,14H2,1-2H3,(H,24,26). The largest absolute Gasteiger partial charge is 0.494 e. The molecule has 1 aliphatic rings. The van der Waals surface area contributed by atoms with E-state index in [1.807, 2.05) is 32.0 Å². The maximum absolute atomic E-state index is 13.2. The summed E-state index contributed by atoms with van der Waals surface area (Å²) < 4.78 is 38.5. The lowest BCUT2D eigenvalue weighted by Crippen LogP contribution is -2.43. The molecule has 1 aliphatic heterocycles. The zero-order valence-corrected chi connectivity index (χ0v) is 19.1. The Kier molecular flexibility index (Phi) is 6.27. The first kappa shape index (κ1) is 21.7. The Morgan fingerprint density at radius 1 is 1.29 bits per heavy atom. The van der Waals surface area contributed by atoms with Crippen LogP contribution in [0.1, 0.15) is 25.3 Å². The molecule has 0 saturated carbocycles. The van der Waals surface area contributed by atoms with Crippen molar-refractivity contribution in [2.24, 2.45) is 5.92 Å². The van der Waals surface area contributed by atoms with Gasteiger partial charge in [0.2, 0.25) is 15.9 Å². The van der Waals surface area contributed by atoms with Crippen LogP contribution in [0.3, 0.4) is 0 Å². The first-order chi connectivity index (χ1) is 14.9. The summed E-state index contributed by atoms with van der Waals surface area (Å²) >= 11 is 1.40. The van der Waals surface area contributed by atoms with Crippen LogP contribution in [0.25, 0.3) is 10.1 Å². The van der Waals surface area contributed by atoms with E-state index in [0.717, 1.165) is 15.6 Å². The van der Waals surface area contributed by atoms with Gasteiger partial charge in [-0.15, -0.1) is 0 Å². The van der Waals surface area contributed by atoms with Gasteiger partial charge in [0.15, 0.2) is 0 Å². The van der Waals surface area contributed by atoms with E-state index >= 15 is 0 Å². The summed E-state index contributed by atoms with van der Waals surface area (Å²) in [5.74, 6) is 0.115. The summed E-state index contributed by atoms with van der Waals surface area (Å²) in [4.78, 5) is 13.1. The van der Waals surface area contributed by atoms with Crippen molar-refractivity contribution in [2.45, 2.75) is 31.6 Å². The van der Waals surface area contributed by atoms with Crippen LogP contribution in [-0.2, 0) is 14.8 Å². The number of benzene rings is 2. The van der Waals surface area contributed by atoms with Gasteiger partial charge in [-0.3, -0.25) is 4.79 Å². The number of ether oxygens (including phenoxy) is 1. The average molecular weight is 460 g/mol. The number of carbonyl (C=O) groups excluding carboxylic acids is 1. The molecule has 164 valence electrons. The monoisotopic (exact) mass is 459 g/mol. The molecule has 7 nitrogen and oxygen atoms in total. The van der Waals surface area contributed by atoms with Gasteiger partial charge in [0.25, 0.3) is 0 Å². The number of anilines is 1. The second kappa shape index (κ2) is 8.94. The topological polar surface area (TPSA) is 88.6 Å². The highest BCUT2D eigenvalue weighted by atomic mass is 32.2. The molecule has 1 fully saturated rings. The van der Waals surface area contributed by atoms with Crippen LogP contribution < -0.4 is 10.1 Å². The van der Waals surface area contributed by atoms with Crippen molar-refractivity contribution in [1.29, 1.82) is 0 Å². The SMILES string of the molecule is CCOc1ccc(S(=O)(=O)N2CCCC(C(=O)Nc3ccc4sncc4c3)C2)cc1C. The van der Waals surface area contributed by atoms with Crippen molar-refractivity contribution >= 4 is 43.2 Å². The quantitative estimate of drug-likeness (QED) is 0.601. The lowest BCUT2D eigenvalue weighted by molar-refractivity contribution is -0.120. The summed E-state index contributed by atoms with van der Waals surface area (Å²) in [6.07, 6.45) is 3.06. The first-order valence-corrected chi connectivity index (χ1v) is 12.5. The maximum Gasteiger partial charge on any atom is 0.243 e. The van der Waals surface area contributed by atoms with Crippen molar-refractivity contribution in [1.82, 2.24) is 8.68 Å². The Morgan fingerprint density at radius 2 is 2.13 bits per heavy atom. The molecule has 1 aromatic heterocycles. The maximum atomic E-state index is 13.2. The molecular formula is C22H25N3O4S2. The highest BCUT2D eigenvalue weighted by Gasteiger charge is 2.33. The van der Waals surface area contributed by atoms with E-state index in [2.05, 4.69) is 9.69 Å². The number of amides is 1. The van der Waals surface area contributed by atoms with Gasteiger partial charge in [0.05, 0.1) is 22.1 Å². The molecule has 31 heavy (non-hydrogen) atoms. The zero-order chi connectivity index (χ0) is 22.0. The zero-order valence-electron chi connectivity index (χ0n) is 17.5. The minimum atomic E-state index is -3.69. The van der Waals surface area contributed by atoms with Crippen LogP contribution in [0, 0.1) is 12.8 Å². The lowest BCUT2D eigenvalue weighted by atomic mass is 9.98. The normalized spacial score (nSPS) is 17.5. The van der Waals surface area contributed by atoms with Crippen LogP contribution in [0.15, 0.2) is 47.5 Å². The van der Waals surface area contributed by atoms with E-state index in [1.165, 1.54) is 15.8 Å². The Labute approximate surface area is 186 Å². The second-order valence-electron chi connectivity index (χ2n) is 7.63. The molecule has 1 amide bonds. The van der Waals surface area contributed by atoms with E-state index in [1.54, 1.807) is 24.4 Å². The van der Waals surface area contributed by atoms with Crippen molar-refractivity contribution in [2.75, 3.05) is 25.0 Å². The molecule has 0 bridgehead atoms. The van der Waals surface area contributed by atoms with E-state index < -0.39 is 15.9 Å². The van der Waals surface area contributed by atoms with Crippen LogP contribution in [0.4, 0.5) is 5.69 Å². The molecule has 0 radical (unpaired) electrons. The molecule has 1 unspecified atom stereocenters. The molecule has 3 aromatic rings. The van der Waals surface area contributed by atoms with Gasteiger partial charge in [0, 0.05) is 30.4 Å². The van der Waals surface area contributed by atoms with Gasteiger partial charge in [-0.1, -0.05) is 0 Å². The van der Waals surface area contributed by atoms with Crippen LogP contribution in [0.2, 0.25) is 0 Å². The number of fused-ring (bicyclic) bond motifs is 1. The number of piperidine rings is 1. The number of nitrogens with one attached hydrogen (secondary N) is 1. The molecule has 2 aromatic carbocycles. The Balaban J connectivity index is 1.48. The van der Waals surface area contributed by atoms with Crippen molar-refractivity contribution in [3.63, 3.8) is 0 Å². The minimum Gasteiger partial charge on any atom is -0.494 e. The van der Waals surface area contributed by atoms with E-state index in [-0.39, 0.29) is 17.3 Å². The highest BCUT2D eigenvalue weighted by molar-refractivity contribution is 7.89. The van der Waals surface area contributed by atoms with Crippen LogP contribution >= 0.6 is 11.5 Å². The lowest BCUT2D eigenvalue weighted by Gasteiger charge is -2.31. The minimum absolute atomic E-state index is 0.162. The molecule has 2 heterocycles. The van der Waals surface area contributed by atoms with Gasteiger partial charge < -0.3 is 10.1 Å². The van der Waals surface area contributed by atoms with Gasteiger partial charge in [-0.2, -0.15) is 8.68 Å². The highest BCUT2D eigenvalue weighted by Crippen LogP contribution is 2.28. The van der Waals surface area contributed by atoms with Crippen molar-refractivity contribution in [3.05, 3.63) is 48.2 Å². The number of rotatable bonds is 6. The van der Waals surface area contributed by atoms with E-state index in [9.17, 15) is 13.2 Å². The number of aromatic nitrogens is 1. The molecule has 0 aliphatic carbocycles. The fourth-order valence-electron chi connectivity index (χ4n) is 3.82. The smallest absolute Gasteiger partial charge is 0.243 e. The average Bonchev–Trinajstić information content (AvgIpc) is 3.23. The molecule has 1 N–H and O–H groups in total. The fraction of sp³-hybridized carbons (Fsp3) is 0.364. The van der Waals surface area contributed by atoms with Gasteiger partial charge in [0.1, 0.15) is 5.75 Å². The summed E-state index contributed by atoms with van der Waals surface area (Å²) in [5, 5.41) is 3.91. The number of hydrogen-bond donors (Lipinski definition) is 1. The Hall–Kier alpha value is -2.49.